The molecule has 0 N–H and O–H groups in total. The van der Waals surface area contributed by atoms with Crippen molar-refractivity contribution in [3.63, 3.8) is 0 Å². The molecule has 1 aromatic rings. The number of unbranched alkanes of at least 4 members (excludes halogenated alkanes) is 5. The Hall–Kier alpha value is -1.43. The molecular weight excluding hydrogens is 298 g/mol. The summed E-state index contributed by atoms with van der Waals surface area (Å²) in [5, 5.41) is 0. The van der Waals surface area contributed by atoms with E-state index in [2.05, 4.69) is 4.18 Å². The molecule has 0 aromatic heterocycles. The Balaban J connectivity index is 2.35. The summed E-state index contributed by atoms with van der Waals surface area (Å²) in [4.78, 5) is -0.0835. The molecule has 0 aliphatic carbocycles. The summed E-state index contributed by atoms with van der Waals surface area (Å²) in [5.74, 6) is 0. The normalized spacial score (nSPS) is 12.4. The van der Waals surface area contributed by atoms with E-state index in [1.54, 1.807) is 6.07 Å². The molecule has 3 nitrogen and oxygen atoms in total. The van der Waals surface area contributed by atoms with Crippen LogP contribution < -0.4 is 0 Å². The quantitative estimate of drug-likeness (QED) is 0.362. The van der Waals surface area contributed by atoms with Crippen LogP contribution in [-0.4, -0.2) is 15.1 Å². The van der Waals surface area contributed by atoms with Gasteiger partial charge in [-0.1, -0.05) is 37.5 Å². The van der Waals surface area contributed by atoms with Crippen LogP contribution in [0.3, 0.4) is 0 Å². The first-order valence-electron chi connectivity index (χ1n) is 6.97. The maximum atomic E-state index is 13.4. The maximum Gasteiger partial charge on any atom is 0.341 e. The van der Waals surface area contributed by atoms with Gasteiger partial charge in [0.15, 0.2) is 0 Å². The highest BCUT2D eigenvalue weighted by Gasteiger charge is 2.17. The number of halogens is 2. The zero-order chi connectivity index (χ0) is 15.6. The lowest BCUT2D eigenvalue weighted by Gasteiger charge is -2.04. The van der Waals surface area contributed by atoms with Gasteiger partial charge in [-0.25, -0.2) is 0 Å². The van der Waals surface area contributed by atoms with Crippen molar-refractivity contribution in [2.75, 3.05) is 6.67 Å². The lowest BCUT2D eigenvalue weighted by Crippen LogP contribution is -2.04. The molecule has 0 amide bonds. The van der Waals surface area contributed by atoms with E-state index in [1.165, 1.54) is 24.3 Å². The minimum Gasteiger partial charge on any atom is -0.349 e. The standard InChI is InChI=1S/C15H20F2O3S/c16-13-9-4-2-1-3-8-12-15(17)20-21(18,19)14-10-6-5-7-11-14/h5-7,10-12H,1-4,8-9,13H2. The molecule has 0 atom stereocenters. The minimum absolute atomic E-state index is 0.0835. The summed E-state index contributed by atoms with van der Waals surface area (Å²) in [5.41, 5.74) is 0. The average Bonchev–Trinajstić information content (AvgIpc) is 2.47. The molecule has 21 heavy (non-hydrogen) atoms. The van der Waals surface area contributed by atoms with Gasteiger partial charge in [-0.3, -0.25) is 4.39 Å². The zero-order valence-electron chi connectivity index (χ0n) is 11.8. The first-order valence-corrected chi connectivity index (χ1v) is 8.38. The van der Waals surface area contributed by atoms with Crippen molar-refractivity contribution >= 4 is 10.1 Å². The van der Waals surface area contributed by atoms with Gasteiger partial charge in [0.25, 0.3) is 6.01 Å². The molecule has 0 saturated heterocycles. The van der Waals surface area contributed by atoms with Gasteiger partial charge in [-0.15, -0.1) is 0 Å². The molecule has 0 aliphatic heterocycles. The lowest BCUT2D eigenvalue weighted by atomic mass is 10.1. The van der Waals surface area contributed by atoms with E-state index in [9.17, 15) is 17.2 Å². The highest BCUT2D eigenvalue weighted by Crippen LogP contribution is 2.17. The van der Waals surface area contributed by atoms with Crippen molar-refractivity contribution in [3.05, 3.63) is 42.4 Å². The van der Waals surface area contributed by atoms with Crippen molar-refractivity contribution in [1.29, 1.82) is 0 Å². The van der Waals surface area contributed by atoms with E-state index >= 15 is 0 Å². The van der Waals surface area contributed by atoms with Gasteiger partial charge in [0, 0.05) is 0 Å². The Kier molecular flexibility index (Phi) is 7.97. The van der Waals surface area contributed by atoms with E-state index in [-0.39, 0.29) is 11.6 Å². The van der Waals surface area contributed by atoms with E-state index in [0.29, 0.717) is 19.3 Å². The van der Waals surface area contributed by atoms with Crippen LogP contribution in [0.2, 0.25) is 0 Å². The second kappa shape index (κ2) is 9.50. The third-order valence-corrected chi connectivity index (χ3v) is 4.09. The molecule has 6 heteroatoms. The topological polar surface area (TPSA) is 43.4 Å². The van der Waals surface area contributed by atoms with Gasteiger partial charge in [-0.05, 0) is 37.5 Å². The molecule has 1 rings (SSSR count). The number of rotatable bonds is 10. The molecule has 0 saturated carbocycles. The molecule has 118 valence electrons. The van der Waals surface area contributed by atoms with Crippen LogP contribution in [0.1, 0.15) is 38.5 Å². The van der Waals surface area contributed by atoms with E-state index in [4.69, 9.17) is 0 Å². The molecular formula is C15H20F2O3S. The third kappa shape index (κ3) is 7.22. The van der Waals surface area contributed by atoms with E-state index in [1.807, 2.05) is 0 Å². The number of benzene rings is 1. The predicted molar refractivity (Wildman–Crippen MR) is 77.6 cm³/mol. The molecule has 0 bridgehead atoms. The second-order valence-electron chi connectivity index (χ2n) is 4.60. The number of allylic oxidation sites excluding steroid dienone is 1. The monoisotopic (exact) mass is 318 g/mol. The highest BCUT2D eigenvalue weighted by atomic mass is 32.2. The molecule has 0 spiro atoms. The minimum atomic E-state index is -4.10. The number of hydrogen-bond acceptors (Lipinski definition) is 3. The van der Waals surface area contributed by atoms with Crippen molar-refractivity contribution < 1.29 is 21.4 Å². The van der Waals surface area contributed by atoms with Gasteiger partial charge < -0.3 is 4.18 Å². The van der Waals surface area contributed by atoms with Crippen LogP contribution in [0.4, 0.5) is 8.78 Å². The molecule has 0 aliphatic rings. The highest BCUT2D eigenvalue weighted by molar-refractivity contribution is 7.86. The molecule has 0 heterocycles. The Morgan fingerprint density at radius 2 is 1.67 bits per heavy atom. The molecule has 1 aromatic carbocycles. The third-order valence-electron chi connectivity index (χ3n) is 2.86. The van der Waals surface area contributed by atoms with Crippen LogP contribution in [0.25, 0.3) is 0 Å². The first kappa shape index (κ1) is 17.6. The van der Waals surface area contributed by atoms with Crippen LogP contribution in [-0.2, 0) is 14.3 Å². The summed E-state index contributed by atoms with van der Waals surface area (Å²) in [6, 6.07) is 6.31. The Labute approximate surface area is 124 Å². The second-order valence-corrected chi connectivity index (χ2v) is 6.15. The summed E-state index contributed by atoms with van der Waals surface area (Å²) in [6.45, 7) is -0.306. The number of alkyl halides is 1. The van der Waals surface area contributed by atoms with Crippen molar-refractivity contribution in [1.82, 2.24) is 0 Å². The van der Waals surface area contributed by atoms with Gasteiger partial charge >= 0.3 is 10.1 Å². The fourth-order valence-electron chi connectivity index (χ4n) is 1.76. The summed E-state index contributed by atoms with van der Waals surface area (Å²) >= 11 is 0. The molecule has 0 unspecified atom stereocenters. The van der Waals surface area contributed by atoms with Crippen LogP contribution in [0.5, 0.6) is 0 Å². The smallest absolute Gasteiger partial charge is 0.341 e. The molecule has 0 radical (unpaired) electrons. The molecule has 0 fully saturated rings. The van der Waals surface area contributed by atoms with Crippen LogP contribution >= 0.6 is 0 Å². The summed E-state index contributed by atoms with van der Waals surface area (Å²) in [7, 11) is -4.10. The summed E-state index contributed by atoms with van der Waals surface area (Å²) in [6.07, 6.45) is 5.36. The van der Waals surface area contributed by atoms with Crippen molar-refractivity contribution in [2.24, 2.45) is 0 Å². The van der Waals surface area contributed by atoms with Gasteiger partial charge in [0.2, 0.25) is 0 Å². The fraction of sp³-hybridized carbons (Fsp3) is 0.467. The van der Waals surface area contributed by atoms with Gasteiger partial charge in [-0.2, -0.15) is 12.8 Å². The fourth-order valence-corrected chi connectivity index (χ4v) is 2.62. The summed E-state index contributed by atoms with van der Waals surface area (Å²) < 4.78 is 53.1. The van der Waals surface area contributed by atoms with Crippen LogP contribution in [0.15, 0.2) is 47.3 Å². The van der Waals surface area contributed by atoms with Crippen LogP contribution in [0, 0.1) is 0 Å². The van der Waals surface area contributed by atoms with Crippen molar-refractivity contribution in [3.8, 4) is 0 Å². The largest absolute Gasteiger partial charge is 0.349 e. The Morgan fingerprint density at radius 3 is 2.33 bits per heavy atom. The maximum absolute atomic E-state index is 13.4. The van der Waals surface area contributed by atoms with E-state index in [0.717, 1.165) is 25.3 Å². The predicted octanol–water partition coefficient (Wildman–Crippen LogP) is 4.51. The number of hydrogen-bond donors (Lipinski definition) is 0. The van der Waals surface area contributed by atoms with Gasteiger partial charge in [0.05, 0.1) is 6.67 Å². The lowest BCUT2D eigenvalue weighted by molar-refractivity contribution is 0.301. The SMILES string of the molecule is O=S(=O)(OC(F)=CCCCCCCCF)c1ccccc1. The average molecular weight is 318 g/mol. The van der Waals surface area contributed by atoms with Crippen molar-refractivity contribution in [2.45, 2.75) is 43.4 Å². The first-order chi connectivity index (χ1) is 10.1. The Bertz CT molecular complexity index is 527. The Morgan fingerprint density at radius 1 is 1.05 bits per heavy atom. The zero-order valence-corrected chi connectivity index (χ0v) is 12.6. The van der Waals surface area contributed by atoms with E-state index < -0.39 is 16.1 Å². The van der Waals surface area contributed by atoms with Gasteiger partial charge in [0.1, 0.15) is 4.90 Å².